The van der Waals surface area contributed by atoms with Crippen LogP contribution in [0.4, 0.5) is 0 Å². The standard InChI is InChI=1S/C7H12N2O.C2H6/c1-6-8-4-3-5-9(6)7(2)10;1-2/h3-5H2,1-2H3;1-2H3. The molecule has 1 heterocycles. The van der Waals surface area contributed by atoms with Crippen LogP contribution in [0.2, 0.25) is 0 Å². The zero-order valence-electron chi connectivity index (χ0n) is 8.42. The number of rotatable bonds is 0. The van der Waals surface area contributed by atoms with Gasteiger partial charge in [-0.15, -0.1) is 0 Å². The molecule has 0 aliphatic carbocycles. The maximum Gasteiger partial charge on any atom is 0.224 e. The molecular weight excluding hydrogens is 152 g/mol. The van der Waals surface area contributed by atoms with E-state index in [1.165, 1.54) is 0 Å². The van der Waals surface area contributed by atoms with Crippen molar-refractivity contribution in [2.45, 2.75) is 34.1 Å². The first-order valence-electron chi connectivity index (χ1n) is 4.51. The number of carbonyl (C=O) groups is 1. The molecular formula is C9H18N2O. The molecule has 0 aromatic rings. The number of amides is 1. The molecule has 0 N–H and O–H groups in total. The van der Waals surface area contributed by atoms with Gasteiger partial charge in [-0.05, 0) is 13.3 Å². The van der Waals surface area contributed by atoms with E-state index in [1.807, 2.05) is 20.8 Å². The lowest BCUT2D eigenvalue weighted by Crippen LogP contribution is -2.37. The van der Waals surface area contributed by atoms with E-state index in [9.17, 15) is 4.79 Å². The molecule has 0 saturated heterocycles. The van der Waals surface area contributed by atoms with E-state index in [2.05, 4.69) is 4.99 Å². The molecule has 1 aliphatic rings. The number of amidine groups is 1. The van der Waals surface area contributed by atoms with Crippen molar-refractivity contribution >= 4 is 11.7 Å². The summed E-state index contributed by atoms with van der Waals surface area (Å²) in [6.45, 7) is 9.16. The van der Waals surface area contributed by atoms with Crippen LogP contribution in [0.1, 0.15) is 34.1 Å². The van der Waals surface area contributed by atoms with Crippen LogP contribution in [0, 0.1) is 0 Å². The normalized spacial score (nSPS) is 16.0. The second-order valence-electron chi connectivity index (χ2n) is 2.45. The summed E-state index contributed by atoms with van der Waals surface area (Å²) in [5, 5.41) is 0. The Morgan fingerprint density at radius 3 is 2.42 bits per heavy atom. The fourth-order valence-corrected chi connectivity index (χ4v) is 1.10. The Bertz CT molecular complexity index is 175. The molecule has 3 heteroatoms. The van der Waals surface area contributed by atoms with Crippen molar-refractivity contribution in [2.24, 2.45) is 4.99 Å². The minimum Gasteiger partial charge on any atom is -0.301 e. The number of hydrogen-bond acceptors (Lipinski definition) is 2. The molecule has 0 unspecified atom stereocenters. The van der Waals surface area contributed by atoms with Crippen molar-refractivity contribution in [3.05, 3.63) is 0 Å². The Morgan fingerprint density at radius 2 is 2.08 bits per heavy atom. The summed E-state index contributed by atoms with van der Waals surface area (Å²) in [7, 11) is 0. The van der Waals surface area contributed by atoms with Crippen molar-refractivity contribution in [1.82, 2.24) is 4.90 Å². The Labute approximate surface area is 74.5 Å². The molecule has 0 fully saturated rings. The summed E-state index contributed by atoms with van der Waals surface area (Å²) in [6, 6.07) is 0. The molecule has 1 aliphatic heterocycles. The third kappa shape index (κ3) is 3.03. The minimum atomic E-state index is 0.0981. The summed E-state index contributed by atoms with van der Waals surface area (Å²) >= 11 is 0. The summed E-state index contributed by atoms with van der Waals surface area (Å²) in [5.41, 5.74) is 0. The number of hydrogen-bond donors (Lipinski definition) is 0. The van der Waals surface area contributed by atoms with E-state index < -0.39 is 0 Å². The first kappa shape index (κ1) is 11.1. The van der Waals surface area contributed by atoms with E-state index in [0.29, 0.717) is 0 Å². The summed E-state index contributed by atoms with van der Waals surface area (Å²) in [4.78, 5) is 16.7. The monoisotopic (exact) mass is 170 g/mol. The second kappa shape index (κ2) is 5.75. The van der Waals surface area contributed by atoms with Gasteiger partial charge in [0.05, 0.1) is 0 Å². The fourth-order valence-electron chi connectivity index (χ4n) is 1.10. The van der Waals surface area contributed by atoms with Gasteiger partial charge in [0, 0.05) is 20.0 Å². The highest BCUT2D eigenvalue weighted by molar-refractivity contribution is 5.96. The highest BCUT2D eigenvalue weighted by atomic mass is 16.2. The van der Waals surface area contributed by atoms with Crippen LogP contribution in [-0.4, -0.2) is 29.7 Å². The van der Waals surface area contributed by atoms with Crippen LogP contribution in [-0.2, 0) is 4.79 Å². The minimum absolute atomic E-state index is 0.0981. The molecule has 1 rings (SSSR count). The number of aliphatic imine (C=N–C) groups is 1. The molecule has 12 heavy (non-hydrogen) atoms. The second-order valence-corrected chi connectivity index (χ2v) is 2.45. The quantitative estimate of drug-likeness (QED) is 0.544. The molecule has 0 spiro atoms. The van der Waals surface area contributed by atoms with Crippen molar-refractivity contribution in [1.29, 1.82) is 0 Å². The first-order valence-corrected chi connectivity index (χ1v) is 4.51. The van der Waals surface area contributed by atoms with Crippen molar-refractivity contribution in [2.75, 3.05) is 13.1 Å². The molecule has 0 saturated carbocycles. The largest absolute Gasteiger partial charge is 0.301 e. The Kier molecular flexibility index (Phi) is 5.34. The lowest BCUT2D eigenvalue weighted by atomic mass is 10.3. The van der Waals surface area contributed by atoms with E-state index in [1.54, 1.807) is 11.8 Å². The predicted octanol–water partition coefficient (Wildman–Crippen LogP) is 1.68. The van der Waals surface area contributed by atoms with E-state index in [0.717, 1.165) is 25.3 Å². The summed E-state index contributed by atoms with van der Waals surface area (Å²) < 4.78 is 0. The lowest BCUT2D eigenvalue weighted by Gasteiger charge is -2.23. The molecule has 0 aromatic heterocycles. The highest BCUT2D eigenvalue weighted by Crippen LogP contribution is 2.01. The lowest BCUT2D eigenvalue weighted by molar-refractivity contribution is -0.125. The summed E-state index contributed by atoms with van der Waals surface area (Å²) in [6.07, 6.45) is 0.997. The summed E-state index contributed by atoms with van der Waals surface area (Å²) in [5.74, 6) is 0.958. The van der Waals surface area contributed by atoms with Crippen LogP contribution in [0.25, 0.3) is 0 Å². The van der Waals surface area contributed by atoms with Gasteiger partial charge in [0.15, 0.2) is 0 Å². The first-order chi connectivity index (χ1) is 5.72. The third-order valence-electron chi connectivity index (χ3n) is 1.65. The van der Waals surface area contributed by atoms with Gasteiger partial charge in [0.25, 0.3) is 0 Å². The van der Waals surface area contributed by atoms with Crippen LogP contribution >= 0.6 is 0 Å². The predicted molar refractivity (Wildman–Crippen MR) is 51.3 cm³/mol. The van der Waals surface area contributed by atoms with Gasteiger partial charge in [0.1, 0.15) is 5.84 Å². The smallest absolute Gasteiger partial charge is 0.224 e. The van der Waals surface area contributed by atoms with Crippen molar-refractivity contribution in [3.63, 3.8) is 0 Å². The van der Waals surface area contributed by atoms with Gasteiger partial charge < -0.3 is 4.90 Å². The van der Waals surface area contributed by atoms with Gasteiger partial charge in [-0.1, -0.05) is 13.8 Å². The number of nitrogens with zero attached hydrogens (tertiary/aromatic N) is 2. The molecule has 0 atom stereocenters. The van der Waals surface area contributed by atoms with Gasteiger partial charge in [-0.3, -0.25) is 9.79 Å². The maximum atomic E-state index is 10.9. The van der Waals surface area contributed by atoms with E-state index in [4.69, 9.17) is 0 Å². The molecule has 3 nitrogen and oxygen atoms in total. The highest BCUT2D eigenvalue weighted by Gasteiger charge is 2.13. The van der Waals surface area contributed by atoms with Crippen molar-refractivity contribution in [3.8, 4) is 0 Å². The van der Waals surface area contributed by atoms with Gasteiger partial charge in [-0.25, -0.2) is 0 Å². The third-order valence-corrected chi connectivity index (χ3v) is 1.65. The number of carbonyl (C=O) groups excluding carboxylic acids is 1. The molecule has 0 aromatic carbocycles. The van der Waals surface area contributed by atoms with Crippen molar-refractivity contribution < 1.29 is 4.79 Å². The molecule has 0 radical (unpaired) electrons. The van der Waals surface area contributed by atoms with Crippen LogP contribution in [0.5, 0.6) is 0 Å². The average molecular weight is 170 g/mol. The van der Waals surface area contributed by atoms with Gasteiger partial charge >= 0.3 is 0 Å². The van der Waals surface area contributed by atoms with Crippen LogP contribution in [0.3, 0.4) is 0 Å². The fraction of sp³-hybridized carbons (Fsp3) is 0.778. The molecule has 70 valence electrons. The average Bonchev–Trinajstić information content (AvgIpc) is 2.08. The van der Waals surface area contributed by atoms with E-state index >= 15 is 0 Å². The Balaban J connectivity index is 0.000000561. The Hall–Kier alpha value is -0.860. The zero-order chi connectivity index (χ0) is 9.56. The van der Waals surface area contributed by atoms with Gasteiger partial charge in [-0.2, -0.15) is 0 Å². The molecule has 0 bridgehead atoms. The zero-order valence-corrected chi connectivity index (χ0v) is 8.42. The van der Waals surface area contributed by atoms with Gasteiger partial charge in [0.2, 0.25) is 5.91 Å². The SMILES string of the molecule is CC.CC(=O)N1CCCN=C1C. The van der Waals surface area contributed by atoms with Crippen LogP contribution in [0.15, 0.2) is 4.99 Å². The van der Waals surface area contributed by atoms with Crippen LogP contribution < -0.4 is 0 Å². The Morgan fingerprint density at radius 1 is 1.50 bits per heavy atom. The maximum absolute atomic E-state index is 10.9. The van der Waals surface area contributed by atoms with E-state index in [-0.39, 0.29) is 5.91 Å². The molecule has 1 amide bonds. The topological polar surface area (TPSA) is 32.7 Å².